The standard InChI is InChI=1S/C21H19F3N6O/c1-20(2,19-27-18(29-31-19)21(22,23)24)15-8-14(9-25-10-15)12-3-5-16-13(7-12)4-6-17-28-26-11-30(16)17/h3,5,7-11,19H,4,6H2,1-2H3,(H,27,29). The summed E-state index contributed by atoms with van der Waals surface area (Å²) in [4.78, 5) is 9.41. The van der Waals surface area contributed by atoms with Crippen LogP contribution in [-0.4, -0.2) is 38.0 Å². The van der Waals surface area contributed by atoms with E-state index in [4.69, 9.17) is 4.84 Å². The molecule has 3 aromatic rings. The van der Waals surface area contributed by atoms with Gasteiger partial charge in [-0.15, -0.1) is 10.2 Å². The van der Waals surface area contributed by atoms with Gasteiger partial charge in [-0.05, 0) is 41.3 Å². The first-order valence-electron chi connectivity index (χ1n) is 9.79. The minimum Gasteiger partial charge on any atom is -0.368 e. The van der Waals surface area contributed by atoms with Gasteiger partial charge in [0, 0.05) is 29.8 Å². The van der Waals surface area contributed by atoms with Crippen LogP contribution in [0.25, 0.3) is 16.8 Å². The second kappa shape index (κ2) is 6.79. The molecule has 0 saturated carbocycles. The van der Waals surface area contributed by atoms with Crippen LogP contribution in [0.5, 0.6) is 0 Å². The summed E-state index contributed by atoms with van der Waals surface area (Å²) in [5.41, 5.74) is 4.01. The summed E-state index contributed by atoms with van der Waals surface area (Å²) in [6.07, 6.45) is 1.22. The molecule has 1 N–H and O–H groups in total. The maximum Gasteiger partial charge on any atom is 0.452 e. The number of aromatic nitrogens is 4. The summed E-state index contributed by atoms with van der Waals surface area (Å²) in [6.45, 7) is 3.58. The number of halogens is 3. The molecule has 10 heteroatoms. The first-order valence-corrected chi connectivity index (χ1v) is 9.79. The highest BCUT2D eigenvalue weighted by Gasteiger charge is 2.46. The van der Waals surface area contributed by atoms with Crippen molar-refractivity contribution in [3.05, 3.63) is 59.9 Å². The van der Waals surface area contributed by atoms with Crippen molar-refractivity contribution in [1.82, 2.24) is 25.1 Å². The van der Waals surface area contributed by atoms with Crippen LogP contribution in [-0.2, 0) is 23.1 Å². The van der Waals surface area contributed by atoms with Crippen LogP contribution in [0.1, 0.15) is 30.8 Å². The van der Waals surface area contributed by atoms with Crippen molar-refractivity contribution in [2.75, 3.05) is 0 Å². The molecule has 1 aromatic carbocycles. The Balaban J connectivity index is 1.44. The lowest BCUT2D eigenvalue weighted by Crippen LogP contribution is -2.47. The Morgan fingerprint density at radius 3 is 2.71 bits per heavy atom. The van der Waals surface area contributed by atoms with E-state index in [1.54, 1.807) is 32.6 Å². The van der Waals surface area contributed by atoms with Crippen molar-refractivity contribution in [2.45, 2.75) is 44.5 Å². The Labute approximate surface area is 176 Å². The highest BCUT2D eigenvalue weighted by molar-refractivity contribution is 5.88. The summed E-state index contributed by atoms with van der Waals surface area (Å²) >= 11 is 0. The van der Waals surface area contributed by atoms with Crippen molar-refractivity contribution in [3.8, 4) is 16.8 Å². The normalized spacial score (nSPS) is 18.0. The number of oxime groups is 1. The molecule has 0 bridgehead atoms. The number of hydrogen-bond donors (Lipinski definition) is 1. The molecule has 2 aromatic heterocycles. The predicted octanol–water partition coefficient (Wildman–Crippen LogP) is 3.53. The third-order valence-electron chi connectivity index (χ3n) is 5.83. The molecule has 0 aliphatic carbocycles. The van der Waals surface area contributed by atoms with E-state index in [9.17, 15) is 13.2 Å². The van der Waals surface area contributed by atoms with Crippen LogP contribution in [0.2, 0.25) is 0 Å². The first kappa shape index (κ1) is 19.5. The number of amidine groups is 1. The number of nitrogens with one attached hydrogen (secondary N) is 1. The summed E-state index contributed by atoms with van der Waals surface area (Å²) in [5, 5.41) is 13.6. The predicted molar refractivity (Wildman–Crippen MR) is 107 cm³/mol. The van der Waals surface area contributed by atoms with E-state index in [1.165, 1.54) is 5.56 Å². The van der Waals surface area contributed by atoms with Crippen molar-refractivity contribution in [2.24, 2.45) is 5.16 Å². The first-order chi connectivity index (χ1) is 14.7. The van der Waals surface area contributed by atoms with Gasteiger partial charge in [-0.25, -0.2) is 0 Å². The fourth-order valence-electron chi connectivity index (χ4n) is 3.91. The molecular weight excluding hydrogens is 409 g/mol. The van der Waals surface area contributed by atoms with Crippen molar-refractivity contribution < 1.29 is 18.0 Å². The van der Waals surface area contributed by atoms with Gasteiger partial charge in [0.15, 0.2) is 0 Å². The molecule has 2 aliphatic heterocycles. The molecule has 4 heterocycles. The Hall–Kier alpha value is -3.43. The monoisotopic (exact) mass is 428 g/mol. The van der Waals surface area contributed by atoms with E-state index < -0.39 is 23.7 Å². The minimum absolute atomic E-state index is 0.736. The zero-order valence-corrected chi connectivity index (χ0v) is 16.8. The second-order valence-electron chi connectivity index (χ2n) is 8.21. The Kier molecular flexibility index (Phi) is 4.28. The third-order valence-corrected chi connectivity index (χ3v) is 5.83. The average Bonchev–Trinajstić information content (AvgIpc) is 3.43. The number of hydrogen-bond acceptors (Lipinski definition) is 6. The molecule has 0 radical (unpaired) electrons. The Morgan fingerprint density at radius 2 is 1.94 bits per heavy atom. The number of fused-ring (bicyclic) bond motifs is 3. The molecule has 0 amide bonds. The molecule has 7 nitrogen and oxygen atoms in total. The van der Waals surface area contributed by atoms with E-state index in [1.807, 2.05) is 22.8 Å². The van der Waals surface area contributed by atoms with Gasteiger partial charge in [-0.1, -0.05) is 25.1 Å². The number of aryl methyl sites for hydroxylation is 2. The van der Waals surface area contributed by atoms with E-state index in [-0.39, 0.29) is 0 Å². The van der Waals surface area contributed by atoms with Crippen molar-refractivity contribution in [1.29, 1.82) is 0 Å². The van der Waals surface area contributed by atoms with Crippen LogP contribution in [0.4, 0.5) is 13.2 Å². The summed E-state index contributed by atoms with van der Waals surface area (Å²) in [7, 11) is 0. The van der Waals surface area contributed by atoms with Gasteiger partial charge in [0.05, 0.1) is 5.69 Å². The maximum absolute atomic E-state index is 12.9. The van der Waals surface area contributed by atoms with Crippen LogP contribution in [0, 0.1) is 0 Å². The lowest BCUT2D eigenvalue weighted by Gasteiger charge is -2.30. The Bertz CT molecular complexity index is 1180. The lowest BCUT2D eigenvalue weighted by molar-refractivity contribution is -0.0615. The summed E-state index contributed by atoms with van der Waals surface area (Å²) in [5.74, 6) is -0.187. The maximum atomic E-state index is 12.9. The van der Waals surface area contributed by atoms with E-state index in [2.05, 4.69) is 31.7 Å². The summed E-state index contributed by atoms with van der Waals surface area (Å²) < 4.78 is 40.8. The molecule has 2 aliphatic rings. The molecule has 5 rings (SSSR count). The molecule has 1 atom stereocenters. The van der Waals surface area contributed by atoms with Crippen LogP contribution >= 0.6 is 0 Å². The lowest BCUT2D eigenvalue weighted by atomic mass is 9.82. The van der Waals surface area contributed by atoms with Gasteiger partial charge < -0.3 is 10.2 Å². The van der Waals surface area contributed by atoms with E-state index in [0.29, 0.717) is 0 Å². The largest absolute Gasteiger partial charge is 0.452 e. The van der Waals surface area contributed by atoms with Crippen LogP contribution in [0.15, 0.2) is 48.1 Å². The minimum atomic E-state index is -4.58. The van der Waals surface area contributed by atoms with Crippen molar-refractivity contribution >= 4 is 5.84 Å². The number of alkyl halides is 3. The zero-order chi connectivity index (χ0) is 21.8. The third kappa shape index (κ3) is 3.31. The fraction of sp³-hybridized carbons (Fsp3) is 0.333. The molecule has 160 valence electrons. The highest BCUT2D eigenvalue weighted by Crippen LogP contribution is 2.34. The zero-order valence-electron chi connectivity index (χ0n) is 16.8. The number of nitrogens with zero attached hydrogens (tertiary/aromatic N) is 5. The van der Waals surface area contributed by atoms with Crippen LogP contribution in [0.3, 0.4) is 0 Å². The van der Waals surface area contributed by atoms with Gasteiger partial charge in [0.1, 0.15) is 12.2 Å². The van der Waals surface area contributed by atoms with Crippen LogP contribution < -0.4 is 5.32 Å². The number of benzene rings is 1. The summed E-state index contributed by atoms with van der Waals surface area (Å²) in [6, 6.07) is 8.07. The molecule has 1 unspecified atom stereocenters. The fourth-order valence-corrected chi connectivity index (χ4v) is 3.91. The van der Waals surface area contributed by atoms with Gasteiger partial charge in [0.2, 0.25) is 12.1 Å². The topological polar surface area (TPSA) is 77.2 Å². The smallest absolute Gasteiger partial charge is 0.368 e. The van der Waals surface area contributed by atoms with Gasteiger partial charge in [-0.3, -0.25) is 9.55 Å². The molecule has 0 fully saturated rings. The number of pyridine rings is 1. The highest BCUT2D eigenvalue weighted by atomic mass is 19.4. The SMILES string of the molecule is CC(C)(c1cncc(-c2ccc3c(c2)CCc2nncn2-3)c1)C1NC(C(F)(F)F)=NO1. The van der Waals surface area contributed by atoms with Gasteiger partial charge >= 0.3 is 6.18 Å². The van der Waals surface area contributed by atoms with Gasteiger partial charge in [-0.2, -0.15) is 13.2 Å². The van der Waals surface area contributed by atoms with E-state index >= 15 is 0 Å². The van der Waals surface area contributed by atoms with Gasteiger partial charge in [0.25, 0.3) is 0 Å². The molecular formula is C21H19F3N6O. The van der Waals surface area contributed by atoms with Crippen molar-refractivity contribution in [3.63, 3.8) is 0 Å². The molecule has 0 saturated heterocycles. The molecule has 0 spiro atoms. The average molecular weight is 428 g/mol. The van der Waals surface area contributed by atoms with E-state index in [0.717, 1.165) is 41.0 Å². The second-order valence-corrected chi connectivity index (χ2v) is 8.21. The molecule has 31 heavy (non-hydrogen) atoms. The quantitative estimate of drug-likeness (QED) is 0.691. The number of rotatable bonds is 3. The Morgan fingerprint density at radius 1 is 1.10 bits per heavy atom.